The maximum Gasteiger partial charge on any atom is 0.233 e. The first-order valence-corrected chi connectivity index (χ1v) is 10.7. The van der Waals surface area contributed by atoms with Gasteiger partial charge in [0.2, 0.25) is 11.8 Å². The van der Waals surface area contributed by atoms with Gasteiger partial charge in [-0.05, 0) is 31.4 Å². The number of carbonyl (C=O) groups excluding carboxylic acids is 1. The van der Waals surface area contributed by atoms with Gasteiger partial charge in [-0.15, -0.1) is 23.1 Å². The number of thiazole rings is 1. The summed E-state index contributed by atoms with van der Waals surface area (Å²) in [5, 5.41) is 4.93. The number of amides is 1. The summed E-state index contributed by atoms with van der Waals surface area (Å²) in [4.78, 5) is 23.8. The predicted octanol–water partition coefficient (Wildman–Crippen LogP) is 3.97. The normalized spacial score (nSPS) is 17.7. The van der Waals surface area contributed by atoms with Gasteiger partial charge in [0.15, 0.2) is 5.82 Å². The molecule has 0 N–H and O–H groups in total. The summed E-state index contributed by atoms with van der Waals surface area (Å²) in [6.07, 6.45) is 3.18. The van der Waals surface area contributed by atoms with Gasteiger partial charge in [-0.25, -0.2) is 4.98 Å². The third-order valence-corrected chi connectivity index (χ3v) is 6.50. The van der Waals surface area contributed by atoms with Gasteiger partial charge < -0.3 is 9.42 Å². The van der Waals surface area contributed by atoms with Crippen LogP contribution in [0.1, 0.15) is 42.0 Å². The maximum atomic E-state index is 12.8. The Hall–Kier alpha value is -1.93. The van der Waals surface area contributed by atoms with Crippen molar-refractivity contribution in [1.82, 2.24) is 20.0 Å². The van der Waals surface area contributed by atoms with E-state index in [0.717, 1.165) is 36.3 Å². The summed E-state index contributed by atoms with van der Waals surface area (Å²) >= 11 is 3.23. The molecule has 1 aromatic carbocycles. The topological polar surface area (TPSA) is 72.1 Å². The Bertz CT molecular complexity index is 874. The lowest BCUT2D eigenvalue weighted by Gasteiger charge is -2.34. The number of rotatable bonds is 5. The quantitative estimate of drug-likeness (QED) is 0.658. The number of para-hydroxylation sites is 1. The minimum atomic E-state index is 0.0988. The first kappa shape index (κ1) is 17.5. The highest BCUT2D eigenvalue weighted by molar-refractivity contribution is 7.99. The van der Waals surface area contributed by atoms with Crippen molar-refractivity contribution in [3.05, 3.63) is 41.0 Å². The van der Waals surface area contributed by atoms with Crippen LogP contribution in [0.3, 0.4) is 0 Å². The number of piperidine rings is 1. The molecule has 0 bridgehead atoms. The fourth-order valence-corrected chi connectivity index (χ4v) is 5.09. The van der Waals surface area contributed by atoms with Gasteiger partial charge >= 0.3 is 0 Å². The molecule has 1 aliphatic rings. The van der Waals surface area contributed by atoms with Crippen LogP contribution >= 0.6 is 23.1 Å². The first-order chi connectivity index (χ1) is 12.7. The number of nitrogens with zero attached hydrogens (tertiary/aromatic N) is 4. The molecule has 0 unspecified atom stereocenters. The maximum absolute atomic E-state index is 12.8. The van der Waals surface area contributed by atoms with Gasteiger partial charge in [0.25, 0.3) is 0 Å². The van der Waals surface area contributed by atoms with Crippen molar-refractivity contribution in [3.63, 3.8) is 0 Å². The van der Waals surface area contributed by atoms with Crippen LogP contribution in [-0.2, 0) is 10.5 Å². The van der Waals surface area contributed by atoms with E-state index in [9.17, 15) is 4.79 Å². The van der Waals surface area contributed by atoms with E-state index in [1.54, 1.807) is 18.3 Å². The number of benzene rings is 1. The zero-order valence-electron chi connectivity index (χ0n) is 14.6. The second kappa shape index (κ2) is 7.75. The molecule has 0 spiro atoms. The molecule has 1 aliphatic heterocycles. The van der Waals surface area contributed by atoms with E-state index < -0.39 is 0 Å². The van der Waals surface area contributed by atoms with Crippen molar-refractivity contribution in [2.75, 3.05) is 12.3 Å². The molecular weight excluding hydrogens is 368 g/mol. The second-order valence-electron chi connectivity index (χ2n) is 6.34. The molecule has 0 saturated carbocycles. The third-order valence-electron chi connectivity index (χ3n) is 4.44. The highest BCUT2D eigenvalue weighted by atomic mass is 32.2. The Morgan fingerprint density at radius 2 is 2.23 bits per heavy atom. The smallest absolute Gasteiger partial charge is 0.233 e. The van der Waals surface area contributed by atoms with Crippen LogP contribution in [0, 0.1) is 6.92 Å². The number of aromatic nitrogens is 3. The molecule has 0 aliphatic carbocycles. The Morgan fingerprint density at radius 1 is 1.35 bits per heavy atom. The molecule has 3 heterocycles. The van der Waals surface area contributed by atoms with Crippen LogP contribution in [0.25, 0.3) is 10.2 Å². The van der Waals surface area contributed by atoms with Crippen LogP contribution in [0.15, 0.2) is 28.8 Å². The summed E-state index contributed by atoms with van der Waals surface area (Å²) in [5.41, 5.74) is 1.02. The van der Waals surface area contributed by atoms with Gasteiger partial charge in [-0.2, -0.15) is 4.98 Å². The largest absolute Gasteiger partial charge is 0.340 e. The fraction of sp³-hybridized carbons (Fsp3) is 0.444. The minimum absolute atomic E-state index is 0.0988. The molecule has 136 valence electrons. The lowest BCUT2D eigenvalue weighted by Crippen LogP contribution is -2.39. The zero-order valence-corrected chi connectivity index (χ0v) is 16.2. The van der Waals surface area contributed by atoms with Crippen LogP contribution < -0.4 is 0 Å². The monoisotopic (exact) mass is 388 g/mol. The number of fused-ring (bicyclic) bond motifs is 1. The molecule has 4 rings (SSSR count). The first-order valence-electron chi connectivity index (χ1n) is 8.72. The number of aryl methyl sites for hydroxylation is 1. The number of thioether (sulfide) groups is 1. The molecule has 8 heteroatoms. The van der Waals surface area contributed by atoms with Crippen LogP contribution in [0.5, 0.6) is 0 Å². The highest BCUT2D eigenvalue weighted by Gasteiger charge is 2.30. The molecule has 1 fully saturated rings. The minimum Gasteiger partial charge on any atom is -0.340 e. The van der Waals surface area contributed by atoms with E-state index in [4.69, 9.17) is 9.51 Å². The van der Waals surface area contributed by atoms with Crippen LogP contribution in [0.4, 0.5) is 0 Å². The number of hydrogen-bond donors (Lipinski definition) is 0. The summed E-state index contributed by atoms with van der Waals surface area (Å²) in [5.74, 6) is 2.37. The summed E-state index contributed by atoms with van der Waals surface area (Å²) in [6, 6.07) is 8.26. The van der Waals surface area contributed by atoms with E-state index in [-0.39, 0.29) is 11.9 Å². The molecular formula is C18H20N4O2S2. The van der Waals surface area contributed by atoms with Crippen molar-refractivity contribution >= 4 is 39.2 Å². The SMILES string of the molecule is Cc1nc(CSCC(=O)N2CCCC[C@H]2c2nc3ccccc3s2)no1. The highest BCUT2D eigenvalue weighted by Crippen LogP contribution is 2.36. The molecule has 3 aromatic rings. The number of likely N-dealkylation sites (tertiary alicyclic amines) is 1. The molecule has 1 saturated heterocycles. The van der Waals surface area contributed by atoms with Gasteiger partial charge in [0, 0.05) is 13.5 Å². The molecule has 1 amide bonds. The molecule has 2 aromatic heterocycles. The lowest BCUT2D eigenvalue weighted by atomic mass is 10.0. The predicted molar refractivity (Wildman–Crippen MR) is 103 cm³/mol. The van der Waals surface area contributed by atoms with Crippen molar-refractivity contribution in [1.29, 1.82) is 0 Å². The number of hydrogen-bond acceptors (Lipinski definition) is 7. The van der Waals surface area contributed by atoms with Crippen molar-refractivity contribution in [2.45, 2.75) is 38.0 Å². The number of carbonyl (C=O) groups is 1. The summed E-state index contributed by atoms with van der Waals surface area (Å²) < 4.78 is 6.15. The Balaban J connectivity index is 1.43. The van der Waals surface area contributed by atoms with Gasteiger partial charge in [-0.3, -0.25) is 4.79 Å². The van der Waals surface area contributed by atoms with E-state index in [1.165, 1.54) is 16.5 Å². The van der Waals surface area contributed by atoms with E-state index in [2.05, 4.69) is 16.2 Å². The van der Waals surface area contributed by atoms with E-state index in [0.29, 0.717) is 23.2 Å². The van der Waals surface area contributed by atoms with E-state index >= 15 is 0 Å². The molecule has 1 atom stereocenters. The third kappa shape index (κ3) is 3.76. The van der Waals surface area contributed by atoms with Crippen molar-refractivity contribution in [3.8, 4) is 0 Å². The average molecular weight is 389 g/mol. The fourth-order valence-electron chi connectivity index (χ4n) is 3.23. The van der Waals surface area contributed by atoms with Crippen molar-refractivity contribution < 1.29 is 9.32 Å². The Kier molecular flexibility index (Phi) is 5.21. The lowest BCUT2D eigenvalue weighted by molar-refractivity contribution is -0.132. The van der Waals surface area contributed by atoms with Crippen LogP contribution in [0.2, 0.25) is 0 Å². The molecule has 0 radical (unpaired) electrons. The average Bonchev–Trinajstić information content (AvgIpc) is 3.27. The van der Waals surface area contributed by atoms with Gasteiger partial charge in [0.1, 0.15) is 5.01 Å². The molecule has 6 nitrogen and oxygen atoms in total. The summed E-state index contributed by atoms with van der Waals surface area (Å²) in [6.45, 7) is 2.57. The standard InChI is InChI=1S/C18H20N4O2S2/c1-12-19-16(21-24-12)10-25-11-17(23)22-9-5-4-7-14(22)18-20-13-6-2-3-8-15(13)26-18/h2-3,6,8,14H,4-5,7,9-11H2,1H3/t14-/m0/s1. The van der Waals surface area contributed by atoms with Crippen molar-refractivity contribution in [2.24, 2.45) is 0 Å². The van der Waals surface area contributed by atoms with E-state index in [1.807, 2.05) is 23.1 Å². The van der Waals surface area contributed by atoms with Gasteiger partial charge in [-0.1, -0.05) is 17.3 Å². The van der Waals surface area contributed by atoms with Gasteiger partial charge in [0.05, 0.1) is 27.8 Å². The second-order valence-corrected chi connectivity index (χ2v) is 8.39. The Labute approximate surface area is 160 Å². The zero-order chi connectivity index (χ0) is 17.9. The molecule has 26 heavy (non-hydrogen) atoms. The van der Waals surface area contributed by atoms with Crippen LogP contribution in [-0.4, -0.2) is 38.2 Å². The Morgan fingerprint density at radius 3 is 3.04 bits per heavy atom. The summed E-state index contributed by atoms with van der Waals surface area (Å²) in [7, 11) is 0.